The van der Waals surface area contributed by atoms with Crippen molar-refractivity contribution in [2.75, 3.05) is 5.73 Å². The Morgan fingerprint density at radius 2 is 1.94 bits per heavy atom. The Morgan fingerprint density at radius 1 is 1.28 bits per heavy atom. The summed E-state index contributed by atoms with van der Waals surface area (Å²) in [5.74, 6) is -0.0803. The van der Waals surface area contributed by atoms with Crippen LogP contribution in [0.3, 0.4) is 0 Å². The van der Waals surface area contributed by atoms with Gasteiger partial charge in [-0.25, -0.2) is 0 Å². The SMILES string of the molecule is Nc1ccc(CNC(=O)c2cc(Br)c(Br)s2)cc1. The van der Waals surface area contributed by atoms with Gasteiger partial charge in [-0.3, -0.25) is 4.79 Å². The zero-order valence-corrected chi connectivity index (χ0v) is 13.2. The molecule has 0 aliphatic rings. The molecule has 0 radical (unpaired) electrons. The molecule has 0 bridgehead atoms. The van der Waals surface area contributed by atoms with E-state index in [0.717, 1.165) is 19.5 Å². The minimum absolute atomic E-state index is 0.0803. The summed E-state index contributed by atoms with van der Waals surface area (Å²) in [6.45, 7) is 0.492. The number of nitrogens with two attached hydrogens (primary N) is 1. The van der Waals surface area contributed by atoms with Gasteiger partial charge in [-0.15, -0.1) is 11.3 Å². The number of anilines is 1. The maximum Gasteiger partial charge on any atom is 0.261 e. The first-order valence-electron chi connectivity index (χ1n) is 5.13. The predicted molar refractivity (Wildman–Crippen MR) is 81.7 cm³/mol. The van der Waals surface area contributed by atoms with E-state index >= 15 is 0 Å². The Bertz CT molecular complexity index is 546. The molecule has 18 heavy (non-hydrogen) atoms. The van der Waals surface area contributed by atoms with Crippen LogP contribution in [0.5, 0.6) is 0 Å². The Hall–Kier alpha value is -0.850. The average molecular weight is 390 g/mol. The summed E-state index contributed by atoms with van der Waals surface area (Å²) in [7, 11) is 0. The van der Waals surface area contributed by atoms with Crippen molar-refractivity contribution >= 4 is 54.8 Å². The molecule has 0 saturated carbocycles. The molecule has 6 heteroatoms. The molecule has 1 amide bonds. The van der Waals surface area contributed by atoms with E-state index in [0.29, 0.717) is 11.4 Å². The fourth-order valence-corrected chi connectivity index (χ4v) is 3.32. The molecule has 3 nitrogen and oxygen atoms in total. The van der Waals surface area contributed by atoms with Crippen molar-refractivity contribution in [3.63, 3.8) is 0 Å². The number of thiophene rings is 1. The molecule has 1 aromatic heterocycles. The second kappa shape index (κ2) is 5.86. The van der Waals surface area contributed by atoms with E-state index in [1.54, 1.807) is 6.07 Å². The molecule has 0 saturated heterocycles. The highest BCUT2D eigenvalue weighted by Crippen LogP contribution is 2.32. The van der Waals surface area contributed by atoms with E-state index in [2.05, 4.69) is 37.2 Å². The zero-order chi connectivity index (χ0) is 13.1. The lowest BCUT2D eigenvalue weighted by molar-refractivity contribution is 0.0955. The first kappa shape index (κ1) is 13.6. The van der Waals surface area contributed by atoms with Crippen LogP contribution in [-0.2, 0) is 6.54 Å². The molecule has 0 aliphatic heterocycles. The predicted octanol–water partition coefficient (Wildman–Crippen LogP) is 3.79. The number of hydrogen-bond donors (Lipinski definition) is 2. The molecule has 1 heterocycles. The third-order valence-corrected chi connectivity index (χ3v) is 5.56. The molecule has 2 rings (SSSR count). The van der Waals surface area contributed by atoms with Gasteiger partial charge in [-0.05, 0) is 55.6 Å². The van der Waals surface area contributed by atoms with Gasteiger partial charge in [0.25, 0.3) is 5.91 Å². The van der Waals surface area contributed by atoms with Crippen molar-refractivity contribution in [3.05, 3.63) is 49.0 Å². The van der Waals surface area contributed by atoms with E-state index in [-0.39, 0.29) is 5.91 Å². The molecule has 0 aliphatic carbocycles. The summed E-state index contributed by atoms with van der Waals surface area (Å²) >= 11 is 8.12. The number of amides is 1. The Morgan fingerprint density at radius 3 is 2.50 bits per heavy atom. The van der Waals surface area contributed by atoms with Crippen LogP contribution < -0.4 is 11.1 Å². The maximum absolute atomic E-state index is 11.9. The molecule has 0 spiro atoms. The van der Waals surface area contributed by atoms with Crippen molar-refractivity contribution in [2.24, 2.45) is 0 Å². The van der Waals surface area contributed by atoms with Crippen molar-refractivity contribution in [1.29, 1.82) is 0 Å². The largest absolute Gasteiger partial charge is 0.399 e. The van der Waals surface area contributed by atoms with Gasteiger partial charge in [0.15, 0.2) is 0 Å². The van der Waals surface area contributed by atoms with Gasteiger partial charge < -0.3 is 11.1 Å². The number of rotatable bonds is 3. The van der Waals surface area contributed by atoms with Crippen LogP contribution in [0.25, 0.3) is 0 Å². The number of nitrogens with one attached hydrogen (secondary N) is 1. The molecule has 0 unspecified atom stereocenters. The Balaban J connectivity index is 1.98. The summed E-state index contributed by atoms with van der Waals surface area (Å²) in [5.41, 5.74) is 7.34. The molecule has 2 aromatic rings. The highest BCUT2D eigenvalue weighted by atomic mass is 79.9. The highest BCUT2D eigenvalue weighted by molar-refractivity contribution is 9.13. The van der Waals surface area contributed by atoms with E-state index in [4.69, 9.17) is 5.73 Å². The van der Waals surface area contributed by atoms with Gasteiger partial charge >= 0.3 is 0 Å². The van der Waals surface area contributed by atoms with Gasteiger partial charge in [0.05, 0.1) is 8.66 Å². The molecule has 0 fully saturated rings. The number of carbonyl (C=O) groups is 1. The van der Waals surface area contributed by atoms with Crippen LogP contribution in [-0.4, -0.2) is 5.91 Å². The summed E-state index contributed by atoms with van der Waals surface area (Å²) in [6, 6.07) is 9.23. The van der Waals surface area contributed by atoms with Crippen LogP contribution >= 0.6 is 43.2 Å². The number of carbonyl (C=O) groups excluding carboxylic acids is 1. The Labute approximate surface area is 126 Å². The van der Waals surface area contributed by atoms with Crippen molar-refractivity contribution in [1.82, 2.24) is 5.32 Å². The second-order valence-electron chi connectivity index (χ2n) is 3.66. The van der Waals surface area contributed by atoms with E-state index in [1.807, 2.05) is 24.3 Å². The minimum atomic E-state index is -0.0803. The van der Waals surface area contributed by atoms with Crippen molar-refractivity contribution < 1.29 is 4.79 Å². The topological polar surface area (TPSA) is 55.1 Å². The summed E-state index contributed by atoms with van der Waals surface area (Å²) < 4.78 is 1.81. The lowest BCUT2D eigenvalue weighted by atomic mass is 10.2. The average Bonchev–Trinajstić information content (AvgIpc) is 2.69. The molecular formula is C12H10Br2N2OS. The smallest absolute Gasteiger partial charge is 0.261 e. The van der Waals surface area contributed by atoms with Crippen molar-refractivity contribution in [2.45, 2.75) is 6.54 Å². The van der Waals surface area contributed by atoms with Gasteiger partial charge in [-0.1, -0.05) is 12.1 Å². The van der Waals surface area contributed by atoms with Crippen LogP contribution in [0.4, 0.5) is 5.69 Å². The fraction of sp³-hybridized carbons (Fsp3) is 0.0833. The minimum Gasteiger partial charge on any atom is -0.399 e. The first-order valence-corrected chi connectivity index (χ1v) is 7.54. The molecular weight excluding hydrogens is 380 g/mol. The molecule has 94 valence electrons. The van der Waals surface area contributed by atoms with Crippen LogP contribution in [0.15, 0.2) is 38.6 Å². The van der Waals surface area contributed by atoms with E-state index in [9.17, 15) is 4.79 Å². The van der Waals surface area contributed by atoms with Gasteiger partial charge in [0.2, 0.25) is 0 Å². The lowest BCUT2D eigenvalue weighted by Crippen LogP contribution is -2.21. The summed E-state index contributed by atoms with van der Waals surface area (Å²) in [5, 5.41) is 2.86. The third kappa shape index (κ3) is 3.34. The maximum atomic E-state index is 11.9. The fourth-order valence-electron chi connectivity index (χ4n) is 1.36. The number of nitrogen functional groups attached to an aromatic ring is 1. The standard InChI is InChI=1S/C12H10Br2N2OS/c13-9-5-10(18-11(9)14)12(17)16-6-7-1-3-8(15)4-2-7/h1-5H,6,15H2,(H,16,17). The van der Waals surface area contributed by atoms with E-state index < -0.39 is 0 Å². The summed E-state index contributed by atoms with van der Waals surface area (Å²) in [4.78, 5) is 12.6. The molecule has 1 aromatic carbocycles. The van der Waals surface area contributed by atoms with Gasteiger partial charge in [-0.2, -0.15) is 0 Å². The first-order chi connectivity index (χ1) is 8.56. The number of hydrogen-bond acceptors (Lipinski definition) is 3. The monoisotopic (exact) mass is 388 g/mol. The number of halogens is 2. The van der Waals surface area contributed by atoms with Crippen molar-refractivity contribution in [3.8, 4) is 0 Å². The third-order valence-electron chi connectivity index (χ3n) is 2.30. The normalized spacial score (nSPS) is 10.3. The highest BCUT2D eigenvalue weighted by Gasteiger charge is 2.11. The summed E-state index contributed by atoms with van der Waals surface area (Å²) in [6.07, 6.45) is 0. The lowest BCUT2D eigenvalue weighted by Gasteiger charge is -2.04. The quantitative estimate of drug-likeness (QED) is 0.784. The zero-order valence-electron chi connectivity index (χ0n) is 9.24. The second-order valence-corrected chi connectivity index (χ2v) is 6.88. The number of benzene rings is 1. The molecule has 3 N–H and O–H groups in total. The van der Waals surface area contributed by atoms with E-state index in [1.165, 1.54) is 11.3 Å². The van der Waals surface area contributed by atoms with Crippen LogP contribution in [0.1, 0.15) is 15.2 Å². The van der Waals surface area contributed by atoms with Crippen LogP contribution in [0, 0.1) is 0 Å². The van der Waals surface area contributed by atoms with Gasteiger partial charge in [0.1, 0.15) is 0 Å². The molecule has 0 atom stereocenters. The van der Waals surface area contributed by atoms with Crippen LogP contribution in [0.2, 0.25) is 0 Å². The van der Waals surface area contributed by atoms with Gasteiger partial charge in [0, 0.05) is 16.7 Å². The Kier molecular flexibility index (Phi) is 4.42.